The Morgan fingerprint density at radius 2 is 1.84 bits per heavy atom. The van der Waals surface area contributed by atoms with E-state index in [0.29, 0.717) is 23.8 Å². The number of nitrogens with one attached hydrogen (secondary N) is 1. The van der Waals surface area contributed by atoms with Gasteiger partial charge in [0.25, 0.3) is 5.56 Å². The number of halogens is 1. The van der Waals surface area contributed by atoms with E-state index in [4.69, 9.17) is 0 Å². The summed E-state index contributed by atoms with van der Waals surface area (Å²) >= 11 is 1.42. The van der Waals surface area contributed by atoms with Crippen LogP contribution in [0.5, 0.6) is 0 Å². The van der Waals surface area contributed by atoms with Gasteiger partial charge in [-0.15, -0.1) is 0 Å². The lowest BCUT2D eigenvalue weighted by atomic mass is 10.0. The Labute approximate surface area is 183 Å². The SMILES string of the molecule is O=C1N[C@H](c2ccccc2)C[C@@H]1n1c(SCc2ccc(F)cc2)nc(=O)c2c1CCC2. The van der Waals surface area contributed by atoms with E-state index in [1.54, 1.807) is 12.1 Å². The van der Waals surface area contributed by atoms with Crippen LogP contribution in [0.15, 0.2) is 64.5 Å². The summed E-state index contributed by atoms with van der Waals surface area (Å²) in [4.78, 5) is 30.0. The van der Waals surface area contributed by atoms with Gasteiger partial charge in [0.05, 0.1) is 6.04 Å². The number of carbonyl (C=O) groups excluding carboxylic acids is 1. The average Bonchev–Trinajstić information content (AvgIpc) is 3.42. The number of aromatic nitrogens is 2. The number of hydrogen-bond donors (Lipinski definition) is 1. The van der Waals surface area contributed by atoms with Gasteiger partial charge in [0.1, 0.15) is 11.9 Å². The third kappa shape index (κ3) is 3.90. The number of hydrogen-bond acceptors (Lipinski definition) is 4. The second-order valence-electron chi connectivity index (χ2n) is 7.99. The Kier molecular flexibility index (Phi) is 5.36. The van der Waals surface area contributed by atoms with E-state index in [2.05, 4.69) is 10.3 Å². The summed E-state index contributed by atoms with van der Waals surface area (Å²) in [5, 5.41) is 3.67. The summed E-state index contributed by atoms with van der Waals surface area (Å²) in [6.07, 6.45) is 3.00. The predicted octanol–water partition coefficient (Wildman–Crippen LogP) is 3.97. The minimum Gasteiger partial charge on any atom is -0.347 e. The molecule has 1 amide bonds. The van der Waals surface area contributed by atoms with Crippen LogP contribution < -0.4 is 10.9 Å². The van der Waals surface area contributed by atoms with E-state index in [-0.39, 0.29) is 23.3 Å². The van der Waals surface area contributed by atoms with Gasteiger partial charge in [-0.2, -0.15) is 4.98 Å². The first-order valence-corrected chi connectivity index (χ1v) is 11.5. The van der Waals surface area contributed by atoms with Gasteiger partial charge < -0.3 is 9.88 Å². The Morgan fingerprint density at radius 3 is 2.61 bits per heavy atom. The molecule has 0 unspecified atom stereocenters. The number of amides is 1. The van der Waals surface area contributed by atoms with Crippen molar-refractivity contribution >= 4 is 17.7 Å². The van der Waals surface area contributed by atoms with Gasteiger partial charge in [-0.05, 0) is 42.5 Å². The highest BCUT2D eigenvalue weighted by molar-refractivity contribution is 7.98. The van der Waals surface area contributed by atoms with Gasteiger partial charge in [0.2, 0.25) is 5.91 Å². The van der Waals surface area contributed by atoms with Crippen molar-refractivity contribution in [2.75, 3.05) is 0 Å². The fourth-order valence-electron chi connectivity index (χ4n) is 4.48. The van der Waals surface area contributed by atoms with Gasteiger partial charge in [-0.25, -0.2) is 4.39 Å². The van der Waals surface area contributed by atoms with Crippen molar-refractivity contribution in [3.63, 3.8) is 0 Å². The zero-order valence-electron chi connectivity index (χ0n) is 16.9. The van der Waals surface area contributed by atoms with E-state index in [9.17, 15) is 14.0 Å². The summed E-state index contributed by atoms with van der Waals surface area (Å²) < 4.78 is 15.2. The Morgan fingerprint density at radius 1 is 1.06 bits per heavy atom. The van der Waals surface area contributed by atoms with E-state index in [1.165, 1.54) is 23.9 Å². The molecule has 5 nitrogen and oxygen atoms in total. The maximum atomic E-state index is 13.2. The summed E-state index contributed by atoms with van der Waals surface area (Å²) in [6, 6.07) is 15.8. The topological polar surface area (TPSA) is 64.0 Å². The molecule has 1 N–H and O–H groups in total. The van der Waals surface area contributed by atoms with Gasteiger partial charge in [0, 0.05) is 23.4 Å². The molecule has 7 heteroatoms. The molecule has 1 aromatic heterocycles. The van der Waals surface area contributed by atoms with Crippen LogP contribution in [0.3, 0.4) is 0 Å². The highest BCUT2D eigenvalue weighted by atomic mass is 32.2. The van der Waals surface area contributed by atoms with Gasteiger partial charge in [-0.3, -0.25) is 9.59 Å². The second-order valence-corrected chi connectivity index (χ2v) is 8.93. The van der Waals surface area contributed by atoms with Crippen LogP contribution in [-0.2, 0) is 23.4 Å². The monoisotopic (exact) mass is 435 g/mol. The molecular formula is C24H22FN3O2S. The van der Waals surface area contributed by atoms with E-state index in [0.717, 1.165) is 35.2 Å². The number of carbonyl (C=O) groups is 1. The quantitative estimate of drug-likeness (QED) is 0.487. The molecule has 3 aromatic rings. The van der Waals surface area contributed by atoms with Gasteiger partial charge >= 0.3 is 0 Å². The maximum Gasteiger partial charge on any atom is 0.277 e. The van der Waals surface area contributed by atoms with Crippen LogP contribution in [0.25, 0.3) is 0 Å². The highest BCUT2D eigenvalue weighted by Gasteiger charge is 2.37. The molecule has 1 aliphatic carbocycles. The molecule has 0 spiro atoms. The van der Waals surface area contributed by atoms with Crippen LogP contribution in [0.1, 0.15) is 47.3 Å². The van der Waals surface area contributed by atoms with Crippen molar-refractivity contribution in [3.05, 3.63) is 93.2 Å². The number of thioether (sulfide) groups is 1. The Hall–Kier alpha value is -2.93. The molecule has 2 atom stereocenters. The number of fused-ring (bicyclic) bond motifs is 1. The molecular weight excluding hydrogens is 413 g/mol. The lowest BCUT2D eigenvalue weighted by Gasteiger charge is -2.21. The molecule has 1 aliphatic heterocycles. The maximum absolute atomic E-state index is 13.2. The van der Waals surface area contributed by atoms with Crippen molar-refractivity contribution in [2.45, 2.75) is 48.7 Å². The van der Waals surface area contributed by atoms with E-state index in [1.807, 2.05) is 34.9 Å². The summed E-state index contributed by atoms with van der Waals surface area (Å²) in [5.74, 6) is 0.218. The number of nitrogens with zero attached hydrogens (tertiary/aromatic N) is 2. The molecule has 0 radical (unpaired) electrons. The summed E-state index contributed by atoms with van der Waals surface area (Å²) in [7, 11) is 0. The third-order valence-electron chi connectivity index (χ3n) is 6.01. The smallest absolute Gasteiger partial charge is 0.277 e. The molecule has 158 valence electrons. The fourth-order valence-corrected chi connectivity index (χ4v) is 5.50. The average molecular weight is 436 g/mol. The normalized spacial score (nSPS) is 20.0. The summed E-state index contributed by atoms with van der Waals surface area (Å²) in [6.45, 7) is 0. The Balaban J connectivity index is 1.49. The van der Waals surface area contributed by atoms with E-state index >= 15 is 0 Å². The van der Waals surface area contributed by atoms with Gasteiger partial charge in [0.15, 0.2) is 5.16 Å². The van der Waals surface area contributed by atoms with Crippen LogP contribution >= 0.6 is 11.8 Å². The lowest BCUT2D eigenvalue weighted by molar-refractivity contribution is -0.122. The molecule has 31 heavy (non-hydrogen) atoms. The number of rotatable bonds is 5. The zero-order valence-corrected chi connectivity index (χ0v) is 17.7. The first kappa shape index (κ1) is 20.0. The molecule has 0 bridgehead atoms. The third-order valence-corrected chi connectivity index (χ3v) is 7.04. The summed E-state index contributed by atoms with van der Waals surface area (Å²) in [5.41, 5.74) is 3.50. The second kappa shape index (κ2) is 8.30. The molecule has 2 aromatic carbocycles. The van der Waals surface area contributed by atoms with Crippen LogP contribution in [0.4, 0.5) is 4.39 Å². The van der Waals surface area contributed by atoms with Crippen molar-refractivity contribution < 1.29 is 9.18 Å². The molecule has 1 saturated heterocycles. The molecule has 1 fully saturated rings. The van der Waals surface area contributed by atoms with Gasteiger partial charge in [-0.1, -0.05) is 54.2 Å². The van der Waals surface area contributed by atoms with Crippen molar-refractivity contribution in [1.29, 1.82) is 0 Å². The Bertz CT molecular complexity index is 1180. The predicted molar refractivity (Wildman–Crippen MR) is 117 cm³/mol. The van der Waals surface area contributed by atoms with Crippen molar-refractivity contribution in [2.24, 2.45) is 0 Å². The standard InChI is InChI=1S/C24H22FN3O2S/c25-17-11-9-15(10-12-17)14-31-24-27-22(29)18-7-4-8-20(18)28(24)21-13-19(26-23(21)30)16-5-2-1-3-6-16/h1-3,5-6,9-12,19,21H,4,7-8,13-14H2,(H,26,30)/t19-,21-/m0/s1. The van der Waals surface area contributed by atoms with Crippen LogP contribution in [-0.4, -0.2) is 15.5 Å². The van der Waals surface area contributed by atoms with Crippen molar-refractivity contribution in [1.82, 2.24) is 14.9 Å². The van der Waals surface area contributed by atoms with Crippen molar-refractivity contribution in [3.8, 4) is 0 Å². The fraction of sp³-hybridized carbons (Fsp3) is 0.292. The zero-order chi connectivity index (χ0) is 21.4. The van der Waals surface area contributed by atoms with Crippen LogP contribution in [0, 0.1) is 5.82 Å². The van der Waals surface area contributed by atoms with E-state index < -0.39 is 6.04 Å². The minimum absolute atomic E-state index is 0.0444. The molecule has 2 aliphatic rings. The highest BCUT2D eigenvalue weighted by Crippen LogP contribution is 2.37. The first-order valence-electron chi connectivity index (χ1n) is 10.5. The molecule has 0 saturated carbocycles. The molecule has 5 rings (SSSR count). The molecule has 2 heterocycles. The largest absolute Gasteiger partial charge is 0.347 e. The lowest BCUT2D eigenvalue weighted by Crippen LogP contribution is -2.29. The minimum atomic E-state index is -0.402. The van der Waals surface area contributed by atoms with Crippen LogP contribution in [0.2, 0.25) is 0 Å². The number of benzene rings is 2. The first-order chi connectivity index (χ1) is 15.1.